The van der Waals surface area contributed by atoms with E-state index in [0.29, 0.717) is 0 Å². The summed E-state index contributed by atoms with van der Waals surface area (Å²) in [5.41, 5.74) is 1.91. The second-order valence-electron chi connectivity index (χ2n) is 7.44. The first-order chi connectivity index (χ1) is 13.1. The van der Waals surface area contributed by atoms with Crippen LogP contribution in [-0.2, 0) is 9.53 Å². The maximum Gasteiger partial charge on any atom is 0.231 e. The molecule has 1 saturated carbocycles. The SMILES string of the molecule is Cc1c(Cl)ccc2sc(N(CCCN3CCOCC3)C(=O)C3CCC3)nc12. The molecule has 4 rings (SSSR count). The van der Waals surface area contributed by atoms with E-state index in [1.165, 1.54) is 0 Å². The smallest absolute Gasteiger partial charge is 0.231 e. The molecule has 2 fully saturated rings. The summed E-state index contributed by atoms with van der Waals surface area (Å²) >= 11 is 7.86. The monoisotopic (exact) mass is 407 g/mol. The molecule has 0 N–H and O–H groups in total. The van der Waals surface area contributed by atoms with Crippen LogP contribution in [-0.4, -0.2) is 55.2 Å². The molecular formula is C20H26ClN3O2S. The normalized spacial score (nSPS) is 18.6. The highest BCUT2D eigenvalue weighted by Gasteiger charge is 2.31. The van der Waals surface area contributed by atoms with E-state index in [2.05, 4.69) is 4.90 Å². The number of benzene rings is 1. The van der Waals surface area contributed by atoms with Gasteiger partial charge in [-0.15, -0.1) is 0 Å². The third-order valence-electron chi connectivity index (χ3n) is 5.65. The Balaban J connectivity index is 1.52. The van der Waals surface area contributed by atoms with Crippen molar-refractivity contribution in [3.05, 3.63) is 22.7 Å². The highest BCUT2D eigenvalue weighted by molar-refractivity contribution is 7.22. The van der Waals surface area contributed by atoms with E-state index in [1.807, 2.05) is 24.0 Å². The number of nitrogens with zero attached hydrogens (tertiary/aromatic N) is 3. The van der Waals surface area contributed by atoms with Gasteiger partial charge in [0.05, 0.1) is 23.4 Å². The molecule has 27 heavy (non-hydrogen) atoms. The summed E-state index contributed by atoms with van der Waals surface area (Å²) in [6.45, 7) is 7.29. The van der Waals surface area contributed by atoms with Crippen molar-refractivity contribution in [2.45, 2.75) is 32.6 Å². The molecule has 2 heterocycles. The van der Waals surface area contributed by atoms with Crippen LogP contribution in [0.4, 0.5) is 5.13 Å². The van der Waals surface area contributed by atoms with Gasteiger partial charge in [0.25, 0.3) is 0 Å². The van der Waals surface area contributed by atoms with Gasteiger partial charge in [0.2, 0.25) is 5.91 Å². The van der Waals surface area contributed by atoms with Gasteiger partial charge in [0, 0.05) is 37.1 Å². The Morgan fingerprint density at radius 3 is 2.85 bits per heavy atom. The molecule has 2 aliphatic rings. The first-order valence-corrected chi connectivity index (χ1v) is 11.0. The average molecular weight is 408 g/mol. The number of rotatable bonds is 6. The highest BCUT2D eigenvalue weighted by atomic mass is 35.5. The van der Waals surface area contributed by atoms with Crippen LogP contribution in [0.15, 0.2) is 12.1 Å². The van der Waals surface area contributed by atoms with Crippen LogP contribution in [0.25, 0.3) is 10.2 Å². The number of hydrogen-bond acceptors (Lipinski definition) is 5. The molecule has 0 atom stereocenters. The molecular weight excluding hydrogens is 382 g/mol. The maximum atomic E-state index is 13.1. The van der Waals surface area contributed by atoms with Gasteiger partial charge in [-0.05, 0) is 43.9 Å². The molecule has 1 amide bonds. The molecule has 5 nitrogen and oxygen atoms in total. The van der Waals surface area contributed by atoms with E-state index in [1.54, 1.807) is 11.3 Å². The lowest BCUT2D eigenvalue weighted by Crippen LogP contribution is -2.42. The molecule has 1 aromatic carbocycles. The van der Waals surface area contributed by atoms with Crippen molar-refractivity contribution in [2.75, 3.05) is 44.3 Å². The number of fused-ring (bicyclic) bond motifs is 1. The topological polar surface area (TPSA) is 45.7 Å². The van der Waals surface area contributed by atoms with Crippen LogP contribution >= 0.6 is 22.9 Å². The fourth-order valence-electron chi connectivity index (χ4n) is 3.66. The minimum atomic E-state index is 0.171. The number of aryl methyl sites for hydroxylation is 1. The van der Waals surface area contributed by atoms with E-state index in [-0.39, 0.29) is 11.8 Å². The molecule has 1 aliphatic heterocycles. The van der Waals surface area contributed by atoms with Gasteiger partial charge in [-0.1, -0.05) is 29.4 Å². The zero-order valence-corrected chi connectivity index (χ0v) is 17.3. The highest BCUT2D eigenvalue weighted by Crippen LogP contribution is 2.36. The number of carbonyl (C=O) groups excluding carboxylic acids is 1. The fourth-order valence-corrected chi connectivity index (χ4v) is 4.87. The first kappa shape index (κ1) is 19.1. The number of anilines is 1. The quantitative estimate of drug-likeness (QED) is 0.722. The molecule has 1 saturated heterocycles. The number of ether oxygens (including phenoxy) is 1. The Hall–Kier alpha value is -1.21. The van der Waals surface area contributed by atoms with Gasteiger partial charge in [-0.2, -0.15) is 0 Å². The molecule has 0 radical (unpaired) electrons. The van der Waals surface area contributed by atoms with Gasteiger partial charge in [-0.25, -0.2) is 4.98 Å². The third-order valence-corrected chi connectivity index (χ3v) is 7.10. The van der Waals surface area contributed by atoms with Crippen molar-refractivity contribution in [2.24, 2.45) is 5.92 Å². The van der Waals surface area contributed by atoms with E-state index >= 15 is 0 Å². The van der Waals surface area contributed by atoms with E-state index in [4.69, 9.17) is 21.3 Å². The fraction of sp³-hybridized carbons (Fsp3) is 0.600. The van der Waals surface area contributed by atoms with Crippen molar-refractivity contribution >= 4 is 44.2 Å². The summed E-state index contributed by atoms with van der Waals surface area (Å²) in [5, 5.41) is 1.54. The number of carbonyl (C=O) groups is 1. The van der Waals surface area contributed by atoms with Crippen LogP contribution in [0, 0.1) is 12.8 Å². The third kappa shape index (κ3) is 4.14. The molecule has 0 unspecified atom stereocenters. The van der Waals surface area contributed by atoms with Crippen molar-refractivity contribution in [1.29, 1.82) is 0 Å². The Morgan fingerprint density at radius 2 is 2.15 bits per heavy atom. The molecule has 1 aliphatic carbocycles. The molecule has 0 spiro atoms. The molecule has 146 valence electrons. The van der Waals surface area contributed by atoms with Crippen LogP contribution < -0.4 is 4.90 Å². The van der Waals surface area contributed by atoms with Crippen LogP contribution in [0.3, 0.4) is 0 Å². The van der Waals surface area contributed by atoms with E-state index < -0.39 is 0 Å². The number of aromatic nitrogens is 1. The van der Waals surface area contributed by atoms with Crippen molar-refractivity contribution < 1.29 is 9.53 Å². The van der Waals surface area contributed by atoms with E-state index in [0.717, 1.165) is 91.0 Å². The van der Waals surface area contributed by atoms with Gasteiger partial charge in [-0.3, -0.25) is 14.6 Å². The van der Waals surface area contributed by atoms with E-state index in [9.17, 15) is 4.79 Å². The second kappa shape index (κ2) is 8.43. The average Bonchev–Trinajstić information content (AvgIpc) is 3.06. The summed E-state index contributed by atoms with van der Waals surface area (Å²) in [4.78, 5) is 22.2. The summed E-state index contributed by atoms with van der Waals surface area (Å²) in [6, 6.07) is 3.92. The maximum absolute atomic E-state index is 13.1. The minimum absolute atomic E-state index is 0.171. The summed E-state index contributed by atoms with van der Waals surface area (Å²) in [5.74, 6) is 0.413. The van der Waals surface area contributed by atoms with Crippen molar-refractivity contribution in [3.8, 4) is 0 Å². The predicted octanol–water partition coefficient (Wildman–Crippen LogP) is 4.11. The second-order valence-corrected chi connectivity index (χ2v) is 8.86. The zero-order valence-electron chi connectivity index (χ0n) is 15.7. The van der Waals surface area contributed by atoms with Crippen molar-refractivity contribution in [3.63, 3.8) is 0 Å². The minimum Gasteiger partial charge on any atom is -0.379 e. The lowest BCUT2D eigenvalue weighted by molar-refractivity contribution is -0.124. The van der Waals surface area contributed by atoms with Gasteiger partial charge in [0.1, 0.15) is 0 Å². The van der Waals surface area contributed by atoms with Crippen molar-refractivity contribution in [1.82, 2.24) is 9.88 Å². The Morgan fingerprint density at radius 1 is 1.37 bits per heavy atom. The zero-order chi connectivity index (χ0) is 18.8. The Labute approximate surface area is 169 Å². The molecule has 1 aromatic heterocycles. The summed E-state index contributed by atoms with van der Waals surface area (Å²) in [7, 11) is 0. The number of morpholine rings is 1. The van der Waals surface area contributed by atoms with Gasteiger partial charge >= 0.3 is 0 Å². The number of thiazole rings is 1. The Kier molecular flexibility index (Phi) is 5.97. The summed E-state index contributed by atoms with van der Waals surface area (Å²) in [6.07, 6.45) is 4.13. The standard InChI is InChI=1S/C20H26ClN3O2S/c1-14-16(21)6-7-17-18(14)22-20(27-17)24(19(25)15-4-2-5-15)9-3-8-23-10-12-26-13-11-23/h6-7,15H,2-5,8-13H2,1H3. The number of hydrogen-bond donors (Lipinski definition) is 0. The van der Waals surface area contributed by atoms with Gasteiger partial charge in [0.15, 0.2) is 5.13 Å². The molecule has 0 bridgehead atoms. The number of halogens is 1. The lowest BCUT2D eigenvalue weighted by Gasteiger charge is -2.31. The van der Waals surface area contributed by atoms with Crippen LogP contribution in [0.2, 0.25) is 5.02 Å². The number of amides is 1. The lowest BCUT2D eigenvalue weighted by atomic mass is 9.84. The largest absolute Gasteiger partial charge is 0.379 e. The summed E-state index contributed by atoms with van der Waals surface area (Å²) < 4.78 is 6.51. The molecule has 2 aromatic rings. The van der Waals surface area contributed by atoms with Crippen LogP contribution in [0.5, 0.6) is 0 Å². The Bertz CT molecular complexity index is 815. The van der Waals surface area contributed by atoms with Crippen LogP contribution in [0.1, 0.15) is 31.2 Å². The predicted molar refractivity (Wildman–Crippen MR) is 111 cm³/mol. The van der Waals surface area contributed by atoms with Gasteiger partial charge < -0.3 is 4.74 Å². The molecule has 7 heteroatoms. The first-order valence-electron chi connectivity index (χ1n) is 9.80.